The van der Waals surface area contributed by atoms with Gasteiger partial charge in [0.15, 0.2) is 0 Å². The number of aromatic hydroxyl groups is 2. The number of fused-ring (bicyclic) bond motifs is 1. The molecule has 0 aliphatic carbocycles. The normalized spacial score (nSPS) is 13.2. The number of rotatable bonds is 2. The standard InChI is InChI=1S/C16H14O4/c1-19-13-4-2-3-10(5-13)11-6-14-15(18)7-12(17)8-16(14)20-9-11/h2-8,17-18H,9H2,1H3. The second-order valence-electron chi connectivity index (χ2n) is 4.57. The lowest BCUT2D eigenvalue weighted by Crippen LogP contribution is -2.06. The molecular formula is C16H14O4. The molecule has 0 saturated carbocycles. The number of hydrogen-bond acceptors (Lipinski definition) is 4. The van der Waals surface area contributed by atoms with Crippen LogP contribution in [0.3, 0.4) is 0 Å². The average molecular weight is 270 g/mol. The lowest BCUT2D eigenvalue weighted by atomic mass is 10.00. The van der Waals surface area contributed by atoms with E-state index in [1.54, 1.807) is 7.11 Å². The van der Waals surface area contributed by atoms with Crippen molar-refractivity contribution in [1.29, 1.82) is 0 Å². The molecule has 102 valence electrons. The summed E-state index contributed by atoms with van der Waals surface area (Å²) < 4.78 is 10.8. The second-order valence-corrected chi connectivity index (χ2v) is 4.57. The summed E-state index contributed by atoms with van der Waals surface area (Å²) in [4.78, 5) is 0. The number of ether oxygens (including phenoxy) is 2. The maximum atomic E-state index is 9.89. The third kappa shape index (κ3) is 2.16. The third-order valence-corrected chi connectivity index (χ3v) is 3.25. The molecule has 1 aliphatic rings. The van der Waals surface area contributed by atoms with E-state index in [2.05, 4.69) is 0 Å². The zero-order valence-electron chi connectivity index (χ0n) is 11.0. The molecule has 0 aromatic heterocycles. The molecule has 0 bridgehead atoms. The molecule has 0 saturated heterocycles. The topological polar surface area (TPSA) is 58.9 Å². The Labute approximate surface area is 116 Å². The Kier molecular flexibility index (Phi) is 2.99. The van der Waals surface area contributed by atoms with Crippen LogP contribution in [0.5, 0.6) is 23.0 Å². The molecule has 0 amide bonds. The maximum absolute atomic E-state index is 9.89. The van der Waals surface area contributed by atoms with Gasteiger partial charge in [0.25, 0.3) is 0 Å². The number of phenols is 2. The summed E-state index contributed by atoms with van der Waals surface area (Å²) in [5.41, 5.74) is 2.49. The van der Waals surface area contributed by atoms with Crippen LogP contribution >= 0.6 is 0 Å². The molecule has 4 nitrogen and oxygen atoms in total. The smallest absolute Gasteiger partial charge is 0.134 e. The van der Waals surface area contributed by atoms with E-state index in [0.29, 0.717) is 17.9 Å². The Bertz CT molecular complexity index is 689. The van der Waals surface area contributed by atoms with Gasteiger partial charge in [0.2, 0.25) is 0 Å². The summed E-state index contributed by atoms with van der Waals surface area (Å²) in [6.07, 6.45) is 1.86. The van der Waals surface area contributed by atoms with Crippen molar-refractivity contribution in [3.8, 4) is 23.0 Å². The van der Waals surface area contributed by atoms with Gasteiger partial charge in [0, 0.05) is 12.1 Å². The molecule has 0 radical (unpaired) electrons. The molecule has 2 aromatic rings. The molecule has 0 spiro atoms. The first-order valence-electron chi connectivity index (χ1n) is 6.21. The van der Waals surface area contributed by atoms with E-state index in [1.807, 2.05) is 30.3 Å². The number of hydrogen-bond donors (Lipinski definition) is 2. The summed E-state index contributed by atoms with van der Waals surface area (Å²) in [7, 11) is 1.62. The first kappa shape index (κ1) is 12.4. The van der Waals surface area contributed by atoms with Gasteiger partial charge in [0.05, 0.1) is 12.7 Å². The second kappa shape index (κ2) is 4.81. The van der Waals surface area contributed by atoms with Gasteiger partial charge < -0.3 is 19.7 Å². The number of phenolic OH excluding ortho intramolecular Hbond substituents is 2. The van der Waals surface area contributed by atoms with Gasteiger partial charge >= 0.3 is 0 Å². The van der Waals surface area contributed by atoms with Crippen molar-refractivity contribution in [1.82, 2.24) is 0 Å². The van der Waals surface area contributed by atoms with Crippen molar-refractivity contribution in [2.75, 3.05) is 13.7 Å². The first-order chi connectivity index (χ1) is 9.67. The van der Waals surface area contributed by atoms with Crippen molar-refractivity contribution < 1.29 is 19.7 Å². The molecular weight excluding hydrogens is 256 g/mol. The van der Waals surface area contributed by atoms with Crippen LogP contribution < -0.4 is 9.47 Å². The Morgan fingerprint density at radius 3 is 2.80 bits per heavy atom. The van der Waals surface area contributed by atoms with Gasteiger partial charge in [-0.1, -0.05) is 12.1 Å². The molecule has 1 heterocycles. The predicted octanol–water partition coefficient (Wildman–Crippen LogP) is 3.04. The van der Waals surface area contributed by atoms with E-state index >= 15 is 0 Å². The SMILES string of the molecule is COc1cccc(C2=Cc3c(O)cc(O)cc3OC2)c1. The maximum Gasteiger partial charge on any atom is 0.134 e. The van der Waals surface area contributed by atoms with E-state index in [-0.39, 0.29) is 11.5 Å². The van der Waals surface area contributed by atoms with Crippen LogP contribution in [0.1, 0.15) is 11.1 Å². The van der Waals surface area contributed by atoms with Crippen molar-refractivity contribution in [3.05, 3.63) is 47.5 Å². The van der Waals surface area contributed by atoms with Gasteiger partial charge in [-0.3, -0.25) is 0 Å². The molecule has 0 fully saturated rings. The van der Waals surface area contributed by atoms with Gasteiger partial charge in [-0.05, 0) is 29.3 Å². The lowest BCUT2D eigenvalue weighted by molar-refractivity contribution is 0.356. The number of benzene rings is 2. The molecule has 3 rings (SSSR count). The summed E-state index contributed by atoms with van der Waals surface area (Å²) in [5.74, 6) is 1.23. The van der Waals surface area contributed by atoms with E-state index in [9.17, 15) is 10.2 Å². The van der Waals surface area contributed by atoms with Gasteiger partial charge in [-0.2, -0.15) is 0 Å². The zero-order valence-corrected chi connectivity index (χ0v) is 11.0. The zero-order chi connectivity index (χ0) is 14.1. The van der Waals surface area contributed by atoms with E-state index in [1.165, 1.54) is 12.1 Å². The fourth-order valence-corrected chi connectivity index (χ4v) is 2.22. The average Bonchev–Trinajstić information content (AvgIpc) is 2.47. The summed E-state index contributed by atoms with van der Waals surface area (Å²) >= 11 is 0. The highest BCUT2D eigenvalue weighted by molar-refractivity contribution is 5.88. The van der Waals surface area contributed by atoms with Crippen LogP contribution in [-0.2, 0) is 0 Å². The van der Waals surface area contributed by atoms with Gasteiger partial charge in [0.1, 0.15) is 29.6 Å². The third-order valence-electron chi connectivity index (χ3n) is 3.25. The minimum absolute atomic E-state index is 0.0000890. The lowest BCUT2D eigenvalue weighted by Gasteiger charge is -2.19. The Balaban J connectivity index is 2.05. The summed E-state index contributed by atoms with van der Waals surface area (Å²) in [6.45, 7) is 0.378. The molecule has 1 aliphatic heterocycles. The molecule has 20 heavy (non-hydrogen) atoms. The van der Waals surface area contributed by atoms with Crippen LogP contribution in [0.4, 0.5) is 0 Å². The van der Waals surface area contributed by atoms with Crippen LogP contribution in [-0.4, -0.2) is 23.9 Å². The van der Waals surface area contributed by atoms with Crippen LogP contribution in [0.25, 0.3) is 11.6 Å². The van der Waals surface area contributed by atoms with Crippen molar-refractivity contribution >= 4 is 11.6 Å². The van der Waals surface area contributed by atoms with E-state index in [0.717, 1.165) is 16.9 Å². The number of methoxy groups -OCH3 is 1. The molecule has 2 N–H and O–H groups in total. The summed E-state index contributed by atoms with van der Waals surface area (Å²) in [5, 5.41) is 19.3. The highest BCUT2D eigenvalue weighted by atomic mass is 16.5. The van der Waals surface area contributed by atoms with E-state index in [4.69, 9.17) is 9.47 Å². The van der Waals surface area contributed by atoms with Gasteiger partial charge in [-0.15, -0.1) is 0 Å². The predicted molar refractivity (Wildman–Crippen MR) is 76.1 cm³/mol. The van der Waals surface area contributed by atoms with Crippen molar-refractivity contribution in [2.45, 2.75) is 0 Å². The minimum atomic E-state index is -0.0144. The largest absolute Gasteiger partial charge is 0.508 e. The monoisotopic (exact) mass is 270 g/mol. The Morgan fingerprint density at radius 1 is 1.15 bits per heavy atom. The van der Waals surface area contributed by atoms with Crippen molar-refractivity contribution in [3.63, 3.8) is 0 Å². The summed E-state index contributed by atoms with van der Waals surface area (Å²) in [6, 6.07) is 10.4. The molecule has 0 atom stereocenters. The highest BCUT2D eigenvalue weighted by Gasteiger charge is 2.17. The van der Waals surface area contributed by atoms with Crippen LogP contribution in [0.15, 0.2) is 36.4 Å². The highest BCUT2D eigenvalue weighted by Crippen LogP contribution is 2.39. The molecule has 4 heteroatoms. The Morgan fingerprint density at radius 2 is 2.00 bits per heavy atom. The fraction of sp³-hybridized carbons (Fsp3) is 0.125. The van der Waals surface area contributed by atoms with E-state index < -0.39 is 0 Å². The fourth-order valence-electron chi connectivity index (χ4n) is 2.22. The van der Waals surface area contributed by atoms with Crippen LogP contribution in [0.2, 0.25) is 0 Å². The molecule has 0 unspecified atom stereocenters. The first-order valence-corrected chi connectivity index (χ1v) is 6.21. The quantitative estimate of drug-likeness (QED) is 0.880. The van der Waals surface area contributed by atoms with Crippen molar-refractivity contribution in [2.24, 2.45) is 0 Å². The van der Waals surface area contributed by atoms with Crippen LogP contribution in [0, 0.1) is 0 Å². The molecule has 2 aromatic carbocycles. The minimum Gasteiger partial charge on any atom is -0.508 e. The van der Waals surface area contributed by atoms with Gasteiger partial charge in [-0.25, -0.2) is 0 Å². The Hall–Kier alpha value is -2.62.